The lowest BCUT2D eigenvalue weighted by Crippen LogP contribution is -2.40. The van der Waals surface area contributed by atoms with Crippen molar-refractivity contribution >= 4 is 22.4 Å². The second kappa shape index (κ2) is 5.80. The zero-order valence-electron chi connectivity index (χ0n) is 11.0. The van der Waals surface area contributed by atoms with Gasteiger partial charge in [-0.3, -0.25) is 4.79 Å². The first-order valence-electron chi connectivity index (χ1n) is 6.60. The predicted octanol–water partition coefficient (Wildman–Crippen LogP) is 2.72. The van der Waals surface area contributed by atoms with Crippen LogP contribution < -0.4 is 11.1 Å². The molecule has 1 aromatic heterocycles. The summed E-state index contributed by atoms with van der Waals surface area (Å²) in [6.45, 7) is 4.19. The normalized spacial score (nSPS) is 24.2. The van der Waals surface area contributed by atoms with Crippen molar-refractivity contribution in [1.29, 1.82) is 0 Å². The van der Waals surface area contributed by atoms with Crippen LogP contribution in [0.2, 0.25) is 0 Å². The number of carbonyl (C=O) groups is 1. The van der Waals surface area contributed by atoms with E-state index in [0.29, 0.717) is 11.0 Å². The van der Waals surface area contributed by atoms with Crippen molar-refractivity contribution in [3.8, 4) is 0 Å². The molecule has 1 saturated carbocycles. The highest BCUT2D eigenvalue weighted by atomic mass is 32.1. The Bertz CT molecular complexity index is 416. The average molecular weight is 267 g/mol. The molecule has 1 aromatic rings. The minimum atomic E-state index is -0.0508. The molecule has 1 fully saturated rings. The number of amides is 1. The Balaban J connectivity index is 1.97. The number of anilines is 1. The number of aromatic nitrogens is 1. The largest absolute Gasteiger partial charge is 0.327 e. The molecule has 0 aromatic carbocycles. The van der Waals surface area contributed by atoms with Crippen LogP contribution in [0.1, 0.15) is 51.1 Å². The molecule has 18 heavy (non-hydrogen) atoms. The van der Waals surface area contributed by atoms with Crippen LogP contribution in [0.3, 0.4) is 0 Å². The van der Waals surface area contributed by atoms with E-state index in [0.717, 1.165) is 31.4 Å². The molecule has 1 amide bonds. The molecule has 1 heterocycles. The number of rotatable bonds is 3. The zero-order chi connectivity index (χ0) is 13.1. The molecular formula is C13H21N3OS. The standard InChI is InChI=1S/C13H21N3OS/c1-8(2)11-7-18-13(15-11)16-12(17)9-5-3-4-6-10(9)14/h7-10H,3-6,14H2,1-2H3,(H,15,16,17). The lowest BCUT2D eigenvalue weighted by Gasteiger charge is -2.26. The number of nitrogens with two attached hydrogens (primary N) is 1. The number of carbonyl (C=O) groups excluding carboxylic acids is 1. The number of hydrogen-bond acceptors (Lipinski definition) is 4. The maximum absolute atomic E-state index is 12.1. The summed E-state index contributed by atoms with van der Waals surface area (Å²) in [6.07, 6.45) is 4.09. The van der Waals surface area contributed by atoms with Crippen LogP contribution in [0.25, 0.3) is 0 Å². The lowest BCUT2D eigenvalue weighted by atomic mass is 9.84. The van der Waals surface area contributed by atoms with Crippen LogP contribution in [0.5, 0.6) is 0 Å². The van der Waals surface area contributed by atoms with Gasteiger partial charge in [0.2, 0.25) is 5.91 Å². The Kier molecular flexibility index (Phi) is 4.35. The van der Waals surface area contributed by atoms with E-state index in [4.69, 9.17) is 5.73 Å². The van der Waals surface area contributed by atoms with Gasteiger partial charge in [-0.25, -0.2) is 4.98 Å². The van der Waals surface area contributed by atoms with Crippen LogP contribution in [0, 0.1) is 5.92 Å². The summed E-state index contributed by atoms with van der Waals surface area (Å²) in [5.41, 5.74) is 7.04. The van der Waals surface area contributed by atoms with Crippen molar-refractivity contribution < 1.29 is 4.79 Å². The van der Waals surface area contributed by atoms with Gasteiger partial charge >= 0.3 is 0 Å². The molecule has 3 N–H and O–H groups in total. The highest BCUT2D eigenvalue weighted by molar-refractivity contribution is 7.13. The van der Waals surface area contributed by atoms with E-state index in [-0.39, 0.29) is 17.9 Å². The first kappa shape index (κ1) is 13.5. The molecule has 0 radical (unpaired) electrons. The Labute approximate surface area is 112 Å². The highest BCUT2D eigenvalue weighted by Crippen LogP contribution is 2.26. The summed E-state index contributed by atoms with van der Waals surface area (Å²) in [4.78, 5) is 16.5. The highest BCUT2D eigenvalue weighted by Gasteiger charge is 2.28. The van der Waals surface area contributed by atoms with Gasteiger partial charge in [0.05, 0.1) is 11.6 Å². The lowest BCUT2D eigenvalue weighted by molar-refractivity contribution is -0.121. The van der Waals surface area contributed by atoms with Crippen molar-refractivity contribution in [2.24, 2.45) is 11.7 Å². The maximum Gasteiger partial charge on any atom is 0.230 e. The van der Waals surface area contributed by atoms with E-state index in [9.17, 15) is 4.79 Å². The summed E-state index contributed by atoms with van der Waals surface area (Å²) in [6, 6.07) is 0.00304. The Morgan fingerprint density at radius 3 is 2.83 bits per heavy atom. The van der Waals surface area contributed by atoms with Crippen molar-refractivity contribution in [3.63, 3.8) is 0 Å². The maximum atomic E-state index is 12.1. The van der Waals surface area contributed by atoms with Crippen molar-refractivity contribution in [2.45, 2.75) is 51.5 Å². The molecule has 1 aliphatic carbocycles. The zero-order valence-corrected chi connectivity index (χ0v) is 11.8. The van der Waals surface area contributed by atoms with Crippen molar-refractivity contribution in [2.75, 3.05) is 5.32 Å². The average Bonchev–Trinajstić information content (AvgIpc) is 2.78. The van der Waals surface area contributed by atoms with E-state index in [1.54, 1.807) is 0 Å². The molecule has 0 aliphatic heterocycles. The van der Waals surface area contributed by atoms with Crippen molar-refractivity contribution in [1.82, 2.24) is 4.98 Å². The quantitative estimate of drug-likeness (QED) is 0.884. The van der Waals surface area contributed by atoms with Crippen molar-refractivity contribution in [3.05, 3.63) is 11.1 Å². The fourth-order valence-corrected chi connectivity index (χ4v) is 3.17. The van der Waals surface area contributed by atoms with Gasteiger partial charge in [0, 0.05) is 11.4 Å². The molecule has 4 nitrogen and oxygen atoms in total. The van der Waals surface area contributed by atoms with Crippen LogP contribution in [-0.2, 0) is 4.79 Å². The molecule has 2 unspecified atom stereocenters. The summed E-state index contributed by atoms with van der Waals surface area (Å²) >= 11 is 1.49. The molecule has 0 saturated heterocycles. The van der Waals surface area contributed by atoms with Crippen LogP contribution in [0.15, 0.2) is 5.38 Å². The summed E-state index contributed by atoms with van der Waals surface area (Å²) in [5.74, 6) is 0.376. The monoisotopic (exact) mass is 267 g/mol. The molecule has 2 atom stereocenters. The van der Waals surface area contributed by atoms with E-state index >= 15 is 0 Å². The number of nitrogens with zero attached hydrogens (tertiary/aromatic N) is 1. The van der Waals surface area contributed by atoms with Gasteiger partial charge in [0.25, 0.3) is 0 Å². The third-order valence-electron chi connectivity index (χ3n) is 3.50. The van der Waals surface area contributed by atoms with E-state index in [1.807, 2.05) is 5.38 Å². The first-order valence-corrected chi connectivity index (χ1v) is 7.47. The van der Waals surface area contributed by atoms with E-state index in [2.05, 4.69) is 24.1 Å². The van der Waals surface area contributed by atoms with Gasteiger partial charge in [-0.15, -0.1) is 11.3 Å². The number of nitrogens with one attached hydrogen (secondary N) is 1. The van der Waals surface area contributed by atoms with Gasteiger partial charge in [-0.05, 0) is 18.8 Å². The molecular weight excluding hydrogens is 246 g/mol. The fraction of sp³-hybridized carbons (Fsp3) is 0.692. The Morgan fingerprint density at radius 1 is 1.50 bits per heavy atom. The molecule has 5 heteroatoms. The van der Waals surface area contributed by atoms with E-state index in [1.165, 1.54) is 11.3 Å². The van der Waals surface area contributed by atoms with Gasteiger partial charge in [0.15, 0.2) is 5.13 Å². The molecule has 100 valence electrons. The minimum Gasteiger partial charge on any atom is -0.327 e. The number of thiazole rings is 1. The van der Waals surface area contributed by atoms with E-state index < -0.39 is 0 Å². The summed E-state index contributed by atoms with van der Waals surface area (Å²) in [5, 5.41) is 5.60. The fourth-order valence-electron chi connectivity index (χ4n) is 2.29. The van der Waals surface area contributed by atoms with Gasteiger partial charge in [0.1, 0.15) is 0 Å². The topological polar surface area (TPSA) is 68.0 Å². The molecule has 1 aliphatic rings. The van der Waals surface area contributed by atoms with Gasteiger partial charge in [-0.2, -0.15) is 0 Å². The predicted molar refractivity (Wildman–Crippen MR) is 74.8 cm³/mol. The first-order chi connectivity index (χ1) is 8.58. The Hall–Kier alpha value is -0.940. The van der Waals surface area contributed by atoms with Crippen LogP contribution in [0.4, 0.5) is 5.13 Å². The third-order valence-corrected chi connectivity index (χ3v) is 4.28. The molecule has 0 bridgehead atoms. The second-order valence-corrected chi connectivity index (χ2v) is 6.13. The SMILES string of the molecule is CC(C)c1csc(NC(=O)C2CCCCC2N)n1. The van der Waals surface area contributed by atoms with Gasteiger partial charge in [-0.1, -0.05) is 26.7 Å². The minimum absolute atomic E-state index is 0.00304. The third kappa shape index (κ3) is 3.09. The number of hydrogen-bond donors (Lipinski definition) is 2. The summed E-state index contributed by atoms with van der Waals surface area (Å²) < 4.78 is 0. The van der Waals surface area contributed by atoms with Crippen LogP contribution in [-0.4, -0.2) is 16.9 Å². The molecule has 2 rings (SSSR count). The summed E-state index contributed by atoms with van der Waals surface area (Å²) in [7, 11) is 0. The van der Waals surface area contributed by atoms with Gasteiger partial charge < -0.3 is 11.1 Å². The molecule has 0 spiro atoms. The van der Waals surface area contributed by atoms with Crippen LogP contribution >= 0.6 is 11.3 Å². The Morgan fingerprint density at radius 2 is 2.22 bits per heavy atom. The second-order valence-electron chi connectivity index (χ2n) is 5.28. The smallest absolute Gasteiger partial charge is 0.230 e.